The molecule has 4 nitrogen and oxygen atoms in total. The molecule has 4 heteroatoms. The number of carboxylic acids is 1. The van der Waals surface area contributed by atoms with Gasteiger partial charge in [-0.25, -0.2) is 0 Å². The molecular weight excluding hydrogens is 196 g/mol. The standard InChI is InChI=1S/C11H10O4/c12-8-5-4-6-2-1-3-7(11(14)15)9(6)10(8)13/h1-5,8,10,12-13H,(H,14,15)/p-1/t8-,10-/m0/s1. The Hall–Kier alpha value is -1.65. The van der Waals surface area contributed by atoms with E-state index in [0.29, 0.717) is 5.56 Å². The van der Waals surface area contributed by atoms with Crippen molar-refractivity contribution in [2.24, 2.45) is 0 Å². The van der Waals surface area contributed by atoms with E-state index in [-0.39, 0.29) is 11.1 Å². The highest BCUT2D eigenvalue weighted by atomic mass is 16.4. The first-order chi connectivity index (χ1) is 7.11. The van der Waals surface area contributed by atoms with E-state index in [4.69, 9.17) is 0 Å². The van der Waals surface area contributed by atoms with Crippen LogP contribution in [0, 0.1) is 0 Å². The molecule has 78 valence electrons. The van der Waals surface area contributed by atoms with E-state index in [1.54, 1.807) is 18.2 Å². The zero-order chi connectivity index (χ0) is 11.0. The molecule has 15 heavy (non-hydrogen) atoms. The van der Waals surface area contributed by atoms with Crippen molar-refractivity contribution >= 4 is 12.0 Å². The number of carbonyl (C=O) groups is 1. The van der Waals surface area contributed by atoms with Crippen LogP contribution in [0.15, 0.2) is 24.3 Å². The van der Waals surface area contributed by atoms with Crippen LogP contribution in [0.4, 0.5) is 0 Å². The predicted molar refractivity (Wildman–Crippen MR) is 50.8 cm³/mol. The molecule has 0 bridgehead atoms. The molecule has 0 unspecified atom stereocenters. The van der Waals surface area contributed by atoms with Gasteiger partial charge in [0.15, 0.2) is 0 Å². The molecule has 0 spiro atoms. The maximum atomic E-state index is 10.8. The number of carbonyl (C=O) groups excluding carboxylic acids is 1. The van der Waals surface area contributed by atoms with E-state index in [0.717, 1.165) is 0 Å². The lowest BCUT2D eigenvalue weighted by molar-refractivity contribution is -0.255. The average Bonchev–Trinajstić information content (AvgIpc) is 2.23. The average molecular weight is 205 g/mol. The zero-order valence-corrected chi connectivity index (χ0v) is 7.75. The third kappa shape index (κ3) is 1.54. The van der Waals surface area contributed by atoms with Gasteiger partial charge < -0.3 is 20.1 Å². The summed E-state index contributed by atoms with van der Waals surface area (Å²) in [4.78, 5) is 10.8. The van der Waals surface area contributed by atoms with Crippen molar-refractivity contribution in [2.45, 2.75) is 12.2 Å². The Kier molecular flexibility index (Phi) is 2.30. The van der Waals surface area contributed by atoms with Crippen LogP contribution < -0.4 is 5.11 Å². The van der Waals surface area contributed by atoms with Gasteiger partial charge in [0.2, 0.25) is 0 Å². The molecule has 2 atom stereocenters. The fourth-order valence-electron chi connectivity index (χ4n) is 1.71. The second kappa shape index (κ2) is 3.49. The first-order valence-corrected chi connectivity index (χ1v) is 4.50. The number of rotatable bonds is 1. The minimum absolute atomic E-state index is 0.0802. The number of benzene rings is 1. The van der Waals surface area contributed by atoms with Crippen LogP contribution in [0.5, 0.6) is 0 Å². The molecule has 1 aromatic carbocycles. The molecule has 0 saturated carbocycles. The van der Waals surface area contributed by atoms with Crippen LogP contribution in [0.25, 0.3) is 6.08 Å². The number of hydrogen-bond acceptors (Lipinski definition) is 4. The van der Waals surface area contributed by atoms with Gasteiger partial charge in [0.1, 0.15) is 12.2 Å². The highest BCUT2D eigenvalue weighted by Gasteiger charge is 2.24. The largest absolute Gasteiger partial charge is 0.545 e. The molecular formula is C11H9O4-. The van der Waals surface area contributed by atoms with Crippen molar-refractivity contribution in [1.29, 1.82) is 0 Å². The number of aromatic carboxylic acids is 1. The van der Waals surface area contributed by atoms with Crippen LogP contribution in [-0.2, 0) is 0 Å². The summed E-state index contributed by atoms with van der Waals surface area (Å²) >= 11 is 0. The number of aliphatic hydroxyl groups is 2. The molecule has 0 heterocycles. The molecule has 1 aliphatic rings. The molecule has 2 N–H and O–H groups in total. The van der Waals surface area contributed by atoms with Crippen molar-refractivity contribution in [1.82, 2.24) is 0 Å². The van der Waals surface area contributed by atoms with Crippen molar-refractivity contribution in [3.63, 3.8) is 0 Å². The lowest BCUT2D eigenvalue weighted by Crippen LogP contribution is -2.28. The summed E-state index contributed by atoms with van der Waals surface area (Å²) in [5.74, 6) is -1.35. The number of carboxylic acid groups (broad SMARTS) is 1. The molecule has 0 saturated heterocycles. The van der Waals surface area contributed by atoms with E-state index in [2.05, 4.69) is 0 Å². The van der Waals surface area contributed by atoms with Crippen LogP contribution in [0.1, 0.15) is 27.6 Å². The van der Waals surface area contributed by atoms with Gasteiger partial charge in [0.05, 0.1) is 5.97 Å². The second-order valence-electron chi connectivity index (χ2n) is 3.39. The second-order valence-corrected chi connectivity index (χ2v) is 3.39. The summed E-state index contributed by atoms with van der Waals surface area (Å²) in [5.41, 5.74) is 0.727. The van der Waals surface area contributed by atoms with E-state index in [1.165, 1.54) is 12.1 Å². The van der Waals surface area contributed by atoms with Gasteiger partial charge in [-0.15, -0.1) is 0 Å². The van der Waals surface area contributed by atoms with E-state index in [9.17, 15) is 20.1 Å². The molecule has 0 aromatic heterocycles. The third-order valence-electron chi connectivity index (χ3n) is 2.45. The van der Waals surface area contributed by atoms with Gasteiger partial charge in [-0.05, 0) is 11.1 Å². The highest BCUT2D eigenvalue weighted by Crippen LogP contribution is 2.30. The van der Waals surface area contributed by atoms with Gasteiger partial charge in [-0.1, -0.05) is 30.4 Å². The van der Waals surface area contributed by atoms with E-state index in [1.807, 2.05) is 0 Å². The normalized spacial score (nSPS) is 23.6. The fourth-order valence-corrected chi connectivity index (χ4v) is 1.71. The summed E-state index contributed by atoms with van der Waals surface area (Å²) in [7, 11) is 0. The maximum Gasteiger partial charge on any atom is 0.110 e. The highest BCUT2D eigenvalue weighted by molar-refractivity contribution is 5.89. The molecule has 1 aliphatic carbocycles. The van der Waals surface area contributed by atoms with E-state index < -0.39 is 18.2 Å². The van der Waals surface area contributed by atoms with Crippen LogP contribution in [-0.4, -0.2) is 22.3 Å². The minimum Gasteiger partial charge on any atom is -0.545 e. The Balaban J connectivity index is 2.64. The molecule has 0 fully saturated rings. The summed E-state index contributed by atoms with van der Waals surface area (Å²) in [5, 5.41) is 29.8. The predicted octanol–water partition coefficient (Wildman–Crippen LogP) is -0.529. The lowest BCUT2D eigenvalue weighted by atomic mass is 9.89. The van der Waals surface area contributed by atoms with Crippen LogP contribution in [0.2, 0.25) is 0 Å². The first kappa shape index (κ1) is 9.89. The number of aliphatic hydroxyl groups excluding tert-OH is 2. The quantitative estimate of drug-likeness (QED) is 0.646. The maximum absolute atomic E-state index is 10.8. The minimum atomic E-state index is -1.35. The van der Waals surface area contributed by atoms with E-state index >= 15 is 0 Å². The van der Waals surface area contributed by atoms with Crippen LogP contribution >= 0.6 is 0 Å². The fraction of sp³-hybridized carbons (Fsp3) is 0.182. The summed E-state index contributed by atoms with van der Waals surface area (Å²) < 4.78 is 0. The zero-order valence-electron chi connectivity index (χ0n) is 7.75. The summed E-state index contributed by atoms with van der Waals surface area (Å²) in [6, 6.07) is 4.59. The Morgan fingerprint density at radius 3 is 2.73 bits per heavy atom. The van der Waals surface area contributed by atoms with Gasteiger partial charge in [0, 0.05) is 5.56 Å². The third-order valence-corrected chi connectivity index (χ3v) is 2.45. The Morgan fingerprint density at radius 2 is 2.07 bits per heavy atom. The Morgan fingerprint density at radius 1 is 1.33 bits per heavy atom. The SMILES string of the molecule is O=C([O-])c1cccc2c1[C@@H](O)[C@@H](O)C=C2. The van der Waals surface area contributed by atoms with Gasteiger partial charge in [-0.2, -0.15) is 0 Å². The first-order valence-electron chi connectivity index (χ1n) is 4.50. The summed E-state index contributed by atoms with van der Waals surface area (Å²) in [6.45, 7) is 0. The summed E-state index contributed by atoms with van der Waals surface area (Å²) in [6.07, 6.45) is 0.725. The molecule has 2 rings (SSSR count). The number of fused-ring (bicyclic) bond motifs is 1. The van der Waals surface area contributed by atoms with Gasteiger partial charge in [-0.3, -0.25) is 0 Å². The van der Waals surface area contributed by atoms with Crippen molar-refractivity contribution in [2.75, 3.05) is 0 Å². The van der Waals surface area contributed by atoms with Gasteiger partial charge >= 0.3 is 0 Å². The molecule has 0 amide bonds. The Bertz CT molecular complexity index is 436. The molecule has 1 aromatic rings. The van der Waals surface area contributed by atoms with Crippen molar-refractivity contribution < 1.29 is 20.1 Å². The van der Waals surface area contributed by atoms with Crippen molar-refractivity contribution in [3.05, 3.63) is 41.0 Å². The van der Waals surface area contributed by atoms with Crippen LogP contribution in [0.3, 0.4) is 0 Å². The van der Waals surface area contributed by atoms with Crippen molar-refractivity contribution in [3.8, 4) is 0 Å². The lowest BCUT2D eigenvalue weighted by Gasteiger charge is -2.24. The monoisotopic (exact) mass is 205 g/mol. The Labute approximate surface area is 86.1 Å². The molecule has 0 aliphatic heterocycles. The van der Waals surface area contributed by atoms with Gasteiger partial charge in [0.25, 0.3) is 0 Å². The number of hydrogen-bond donors (Lipinski definition) is 2. The smallest absolute Gasteiger partial charge is 0.110 e. The molecule has 0 radical (unpaired) electrons. The topological polar surface area (TPSA) is 80.6 Å².